The number of hydrogen-bond acceptors (Lipinski definition) is 1. The molecule has 2 N–H and O–H groups in total. The molecule has 5 rings (SSSR count). The largest absolute Gasteiger partial charge is 0.330 e. The molecule has 0 aromatic heterocycles. The molecule has 0 spiro atoms. The molecule has 0 aliphatic heterocycles. The second kappa shape index (κ2) is 14.5. The van der Waals surface area contributed by atoms with Crippen LogP contribution in [-0.2, 0) is 32.1 Å². The number of nitrogens with two attached hydrogens (primary N) is 1. The highest BCUT2D eigenvalue weighted by atomic mass is 14.6. The Labute approximate surface area is 265 Å². The summed E-state index contributed by atoms with van der Waals surface area (Å²) in [6.07, 6.45) is 15.2. The lowest BCUT2D eigenvalue weighted by Crippen LogP contribution is -2.34. The van der Waals surface area contributed by atoms with Crippen LogP contribution >= 0.6 is 0 Å². The van der Waals surface area contributed by atoms with Gasteiger partial charge in [-0.3, -0.25) is 0 Å². The maximum atomic E-state index is 6.16. The molecule has 0 bridgehead atoms. The minimum absolute atomic E-state index is 0.693. The molecule has 3 unspecified atom stereocenters. The molecule has 2 fully saturated rings. The standard InChI is InChI=1S/C42H63N/c1-8-32-17-27(3)30(6)39(20-32)25-41-21-33(15-16-36(41)9-2)13-14-34-19-29(5)42-37(22-34)11-10-12-38(42)24-40-23-35(26-43)18-28(4)31(40)7/h10-12,15-16,21,27-28,30-32,34-35,39-40H,5,8-9,13-14,17-20,22-26,43H2,1-4,6-7H3/t27-,28-,30?,31?,32+,34?,35+,39-,40-/m0/s1. The molecule has 3 aliphatic rings. The average molecular weight is 582 g/mol. The quantitative estimate of drug-likeness (QED) is 0.297. The fourth-order valence-corrected chi connectivity index (χ4v) is 9.74. The van der Waals surface area contributed by atoms with Crippen LogP contribution < -0.4 is 5.73 Å². The van der Waals surface area contributed by atoms with E-state index in [1.165, 1.54) is 75.3 Å². The van der Waals surface area contributed by atoms with Gasteiger partial charge in [0, 0.05) is 0 Å². The third-order valence-electron chi connectivity index (χ3n) is 13.0. The number of hydrogen-bond donors (Lipinski definition) is 1. The van der Waals surface area contributed by atoms with E-state index >= 15 is 0 Å². The van der Waals surface area contributed by atoms with Crippen molar-refractivity contribution in [3.63, 3.8) is 0 Å². The lowest BCUT2D eigenvalue weighted by molar-refractivity contribution is 0.126. The van der Waals surface area contributed by atoms with Gasteiger partial charge in [0.25, 0.3) is 0 Å². The first-order valence-corrected chi connectivity index (χ1v) is 18.3. The number of aryl methyl sites for hydroxylation is 2. The first-order chi connectivity index (χ1) is 20.7. The molecule has 0 heterocycles. The lowest BCUT2D eigenvalue weighted by Gasteiger charge is -2.39. The van der Waals surface area contributed by atoms with Crippen LogP contribution in [0.2, 0.25) is 0 Å². The molecule has 2 aromatic rings. The molecule has 3 aliphatic carbocycles. The molecule has 2 saturated carbocycles. The fourth-order valence-electron chi connectivity index (χ4n) is 9.74. The molecule has 43 heavy (non-hydrogen) atoms. The molecule has 9 atom stereocenters. The summed E-state index contributed by atoms with van der Waals surface area (Å²) in [6.45, 7) is 20.2. The maximum Gasteiger partial charge on any atom is -0.00487 e. The SMILES string of the molecule is C=C1CC(CCc2ccc(CC)c(C[C@@H]3C[C@H](CC)C[C@H](C)C3C)c2)Cc2cccc(C[C@@H]3C[C@H](CN)C[C@H](C)C3C)c21. The van der Waals surface area contributed by atoms with Crippen LogP contribution in [0.3, 0.4) is 0 Å². The van der Waals surface area contributed by atoms with Crippen molar-refractivity contribution < 1.29 is 0 Å². The van der Waals surface area contributed by atoms with Gasteiger partial charge in [-0.05, 0) is 169 Å². The second-order valence-corrected chi connectivity index (χ2v) is 15.7. The first kappa shape index (κ1) is 32.5. The van der Waals surface area contributed by atoms with Gasteiger partial charge >= 0.3 is 0 Å². The Balaban J connectivity index is 1.24. The first-order valence-electron chi connectivity index (χ1n) is 18.3. The van der Waals surface area contributed by atoms with E-state index in [2.05, 4.69) is 84.5 Å². The van der Waals surface area contributed by atoms with Crippen molar-refractivity contribution in [3.8, 4) is 0 Å². The predicted octanol–water partition coefficient (Wildman–Crippen LogP) is 10.5. The molecule has 0 amide bonds. The summed E-state index contributed by atoms with van der Waals surface area (Å²) in [5.74, 6) is 7.12. The van der Waals surface area contributed by atoms with E-state index in [1.54, 1.807) is 27.8 Å². The van der Waals surface area contributed by atoms with Gasteiger partial charge in [0.15, 0.2) is 0 Å². The highest BCUT2D eigenvalue weighted by Crippen LogP contribution is 2.44. The van der Waals surface area contributed by atoms with Crippen molar-refractivity contribution in [3.05, 3.63) is 76.4 Å². The van der Waals surface area contributed by atoms with E-state index in [4.69, 9.17) is 5.73 Å². The molecular weight excluding hydrogens is 518 g/mol. The number of fused-ring (bicyclic) bond motifs is 1. The van der Waals surface area contributed by atoms with Crippen molar-refractivity contribution >= 4 is 5.57 Å². The Kier molecular flexibility index (Phi) is 11.0. The van der Waals surface area contributed by atoms with Crippen molar-refractivity contribution in [2.45, 2.75) is 119 Å². The van der Waals surface area contributed by atoms with Crippen LogP contribution in [0.4, 0.5) is 0 Å². The average Bonchev–Trinajstić information content (AvgIpc) is 3.00. The smallest absolute Gasteiger partial charge is 0.00487 e. The van der Waals surface area contributed by atoms with E-state index in [1.807, 2.05) is 0 Å². The molecule has 0 saturated heterocycles. The monoisotopic (exact) mass is 581 g/mol. The molecule has 236 valence electrons. The van der Waals surface area contributed by atoms with Gasteiger partial charge in [0.1, 0.15) is 0 Å². The number of benzene rings is 2. The normalized spacial score (nSPS) is 32.9. The Bertz CT molecular complexity index is 1220. The van der Waals surface area contributed by atoms with E-state index < -0.39 is 0 Å². The van der Waals surface area contributed by atoms with Crippen LogP contribution in [0.5, 0.6) is 0 Å². The summed E-state index contributed by atoms with van der Waals surface area (Å²) >= 11 is 0. The van der Waals surface area contributed by atoms with Gasteiger partial charge in [0.05, 0.1) is 0 Å². The van der Waals surface area contributed by atoms with Gasteiger partial charge in [-0.1, -0.05) is 90.9 Å². The zero-order chi connectivity index (χ0) is 30.7. The zero-order valence-electron chi connectivity index (χ0n) is 28.6. The fraction of sp³-hybridized carbons (Fsp3) is 0.667. The van der Waals surface area contributed by atoms with Gasteiger partial charge < -0.3 is 5.73 Å². The topological polar surface area (TPSA) is 26.0 Å². The molecule has 1 nitrogen and oxygen atoms in total. The number of rotatable bonds is 10. The predicted molar refractivity (Wildman–Crippen MR) is 187 cm³/mol. The minimum Gasteiger partial charge on any atom is -0.330 e. The molecular formula is C42H63N. The van der Waals surface area contributed by atoms with E-state index in [0.717, 1.165) is 60.8 Å². The van der Waals surface area contributed by atoms with E-state index in [-0.39, 0.29) is 0 Å². The van der Waals surface area contributed by atoms with Crippen LogP contribution in [0, 0.1) is 53.3 Å². The van der Waals surface area contributed by atoms with Gasteiger partial charge in [-0.2, -0.15) is 0 Å². The Hall–Kier alpha value is -1.86. The third kappa shape index (κ3) is 7.52. The van der Waals surface area contributed by atoms with E-state index in [0.29, 0.717) is 11.8 Å². The highest BCUT2D eigenvalue weighted by Gasteiger charge is 2.34. The Morgan fingerprint density at radius 2 is 1.42 bits per heavy atom. The van der Waals surface area contributed by atoms with Crippen LogP contribution in [-0.4, -0.2) is 6.54 Å². The van der Waals surface area contributed by atoms with Crippen molar-refractivity contribution in [1.29, 1.82) is 0 Å². The summed E-state index contributed by atoms with van der Waals surface area (Å²) in [5.41, 5.74) is 16.9. The van der Waals surface area contributed by atoms with Gasteiger partial charge in [0.2, 0.25) is 0 Å². The van der Waals surface area contributed by atoms with Crippen molar-refractivity contribution in [2.75, 3.05) is 6.54 Å². The molecule has 2 aromatic carbocycles. The Morgan fingerprint density at radius 1 is 0.744 bits per heavy atom. The minimum atomic E-state index is 0.693. The lowest BCUT2D eigenvalue weighted by atomic mass is 9.66. The highest BCUT2D eigenvalue weighted by molar-refractivity contribution is 5.71. The number of allylic oxidation sites excluding steroid dienone is 1. The van der Waals surface area contributed by atoms with Gasteiger partial charge in [-0.15, -0.1) is 0 Å². The molecule has 0 radical (unpaired) electrons. The van der Waals surface area contributed by atoms with Crippen molar-refractivity contribution in [1.82, 2.24) is 0 Å². The summed E-state index contributed by atoms with van der Waals surface area (Å²) in [5, 5.41) is 0. The summed E-state index contributed by atoms with van der Waals surface area (Å²) in [4.78, 5) is 0. The summed E-state index contributed by atoms with van der Waals surface area (Å²) < 4.78 is 0. The van der Waals surface area contributed by atoms with Gasteiger partial charge in [-0.25, -0.2) is 0 Å². The van der Waals surface area contributed by atoms with Crippen LogP contribution in [0.1, 0.15) is 120 Å². The van der Waals surface area contributed by atoms with Crippen LogP contribution in [0.25, 0.3) is 5.57 Å². The van der Waals surface area contributed by atoms with Crippen molar-refractivity contribution in [2.24, 2.45) is 59.0 Å². The van der Waals surface area contributed by atoms with Crippen LogP contribution in [0.15, 0.2) is 43.0 Å². The molecule has 1 heteroatoms. The Morgan fingerprint density at radius 3 is 2.09 bits per heavy atom. The van der Waals surface area contributed by atoms with E-state index in [9.17, 15) is 0 Å². The zero-order valence-corrected chi connectivity index (χ0v) is 28.6. The summed E-state index contributed by atoms with van der Waals surface area (Å²) in [7, 11) is 0. The third-order valence-corrected chi connectivity index (χ3v) is 13.0. The maximum absolute atomic E-state index is 6.16. The second-order valence-electron chi connectivity index (χ2n) is 15.7. The summed E-state index contributed by atoms with van der Waals surface area (Å²) in [6, 6.07) is 14.6.